The summed E-state index contributed by atoms with van der Waals surface area (Å²) in [5, 5.41) is 7.24. The maximum atomic E-state index is 11.9. The van der Waals surface area contributed by atoms with Gasteiger partial charge < -0.3 is 28.0 Å². The van der Waals surface area contributed by atoms with Crippen LogP contribution in [-0.2, 0) is 0 Å². The summed E-state index contributed by atoms with van der Waals surface area (Å²) in [5.74, 6) is 1.89. The van der Waals surface area contributed by atoms with Gasteiger partial charge in [-0.05, 0) is 55.5 Å². The van der Waals surface area contributed by atoms with Crippen LogP contribution < -0.4 is 43.9 Å². The van der Waals surface area contributed by atoms with Crippen molar-refractivity contribution in [2.45, 2.75) is 6.92 Å². The van der Waals surface area contributed by atoms with Crippen molar-refractivity contribution in [3.05, 3.63) is 132 Å². The monoisotopic (exact) mass is 516 g/mol. The minimum absolute atomic E-state index is 0. The Morgan fingerprint density at radius 2 is 1.09 bits per heavy atom. The number of rotatable bonds is 7. The van der Waals surface area contributed by atoms with Gasteiger partial charge in [0.25, 0.3) is 5.91 Å². The van der Waals surface area contributed by atoms with Gasteiger partial charge in [0.15, 0.2) is 0 Å². The first-order valence-corrected chi connectivity index (χ1v) is 12.4. The molecule has 1 amide bonds. The highest BCUT2D eigenvalue weighted by Gasteiger charge is 2.43. The molecule has 0 heterocycles. The minimum Gasteiger partial charge on any atom is -1.00 e. The third-order valence-corrected chi connectivity index (χ3v) is 9.51. The molecule has 4 aromatic rings. The Bertz CT molecular complexity index is 1130. The van der Waals surface area contributed by atoms with E-state index < -0.39 is 13.2 Å². The number of hydrogen-bond acceptors (Lipinski definition) is 2. The first-order chi connectivity index (χ1) is 15.6. The summed E-state index contributed by atoms with van der Waals surface area (Å²) in [7, 11) is -2.13. The van der Waals surface area contributed by atoms with Crippen LogP contribution in [0.1, 0.15) is 17.3 Å². The number of halogens is 1. The lowest BCUT2D eigenvalue weighted by molar-refractivity contribution is -0.0000146. The molecule has 5 heteroatoms. The van der Waals surface area contributed by atoms with Crippen LogP contribution in [0.4, 0.5) is 5.69 Å². The molecular weight excluding hydrogens is 491 g/mol. The molecular formula is C28H26BrN2OP. The summed E-state index contributed by atoms with van der Waals surface area (Å²) in [5.41, 5.74) is 7.75. The van der Waals surface area contributed by atoms with E-state index in [2.05, 4.69) is 83.9 Å². The van der Waals surface area contributed by atoms with Gasteiger partial charge in [0.2, 0.25) is 0 Å². The molecule has 0 aliphatic rings. The van der Waals surface area contributed by atoms with E-state index in [-0.39, 0.29) is 17.0 Å². The molecule has 166 valence electrons. The highest BCUT2D eigenvalue weighted by Crippen LogP contribution is 2.57. The molecule has 0 aliphatic heterocycles. The van der Waals surface area contributed by atoms with Crippen molar-refractivity contribution in [2.24, 2.45) is 5.73 Å². The lowest BCUT2D eigenvalue weighted by Gasteiger charge is -2.25. The lowest BCUT2D eigenvalue weighted by Crippen LogP contribution is -3.00. The average Bonchev–Trinajstić information content (AvgIpc) is 2.84. The molecule has 0 fully saturated rings. The van der Waals surface area contributed by atoms with Crippen molar-refractivity contribution in [1.29, 1.82) is 0 Å². The first kappa shape index (κ1) is 24.4. The number of benzene rings is 4. The highest BCUT2D eigenvalue weighted by atomic mass is 79.9. The zero-order valence-corrected chi connectivity index (χ0v) is 20.8. The summed E-state index contributed by atoms with van der Waals surface area (Å²) in [4.78, 5) is 11.9. The number of nitrogens with two attached hydrogens (primary N) is 1. The van der Waals surface area contributed by atoms with Crippen LogP contribution >= 0.6 is 7.26 Å². The van der Waals surface area contributed by atoms with E-state index in [0.29, 0.717) is 11.3 Å². The van der Waals surface area contributed by atoms with Gasteiger partial charge >= 0.3 is 0 Å². The van der Waals surface area contributed by atoms with Gasteiger partial charge in [-0.15, -0.1) is 0 Å². The number of anilines is 1. The lowest BCUT2D eigenvalue weighted by atomic mass is 10.1. The Hall–Kier alpha value is -3.20. The zero-order valence-electron chi connectivity index (χ0n) is 18.4. The zero-order chi connectivity index (χ0) is 22.4. The largest absolute Gasteiger partial charge is 1.00 e. The summed E-state index contributed by atoms with van der Waals surface area (Å²) < 4.78 is 0. The molecule has 4 rings (SSSR count). The van der Waals surface area contributed by atoms with Crippen molar-refractivity contribution in [3.8, 4) is 0 Å². The molecule has 0 bridgehead atoms. The van der Waals surface area contributed by atoms with E-state index >= 15 is 0 Å². The van der Waals surface area contributed by atoms with Gasteiger partial charge in [-0.1, -0.05) is 66.7 Å². The summed E-state index contributed by atoms with van der Waals surface area (Å²) >= 11 is 0. The van der Waals surface area contributed by atoms with E-state index in [4.69, 9.17) is 5.73 Å². The number of nitrogens with one attached hydrogen (secondary N) is 1. The topological polar surface area (TPSA) is 55.1 Å². The van der Waals surface area contributed by atoms with E-state index in [1.165, 1.54) is 15.9 Å². The van der Waals surface area contributed by atoms with Gasteiger partial charge in [-0.2, -0.15) is 0 Å². The Balaban J connectivity index is 0.00000306. The molecule has 0 radical (unpaired) electrons. The Morgan fingerprint density at radius 3 is 1.52 bits per heavy atom. The maximum absolute atomic E-state index is 11.9. The van der Waals surface area contributed by atoms with Crippen LogP contribution in [-0.4, -0.2) is 5.91 Å². The molecule has 0 saturated carbocycles. The smallest absolute Gasteiger partial charge is 0.250 e. The molecule has 0 atom stereocenters. The van der Waals surface area contributed by atoms with Gasteiger partial charge in [-0.3, -0.25) is 4.79 Å². The molecule has 3 nitrogen and oxygen atoms in total. The fourth-order valence-corrected chi connectivity index (χ4v) is 7.92. The summed E-state index contributed by atoms with van der Waals surface area (Å²) in [6, 6.07) is 39.3. The standard InChI is InChI=1S/C28H25N2OP.BrH/c1-22(30-27-20-12-11-19-26(27)28(29)31)21-32(23-13-5-2-6-14-23,24-15-7-3-8-16-24)25-17-9-4-10-18-25;/h2-21H,1H3,(H2-,29,30,31);1H/b22-21+;. The third-order valence-electron chi connectivity index (χ3n) is 5.40. The first-order valence-electron chi connectivity index (χ1n) is 10.5. The second kappa shape index (κ2) is 11.1. The molecule has 3 N–H and O–H groups in total. The number of carbonyl (C=O) groups excluding carboxylic acids is 1. The van der Waals surface area contributed by atoms with Crippen molar-refractivity contribution in [2.75, 3.05) is 5.32 Å². The van der Waals surface area contributed by atoms with Gasteiger partial charge in [0.05, 0.1) is 17.1 Å². The van der Waals surface area contributed by atoms with Crippen LogP contribution in [0.3, 0.4) is 0 Å². The number of hydrogen-bond donors (Lipinski definition) is 2. The number of para-hydroxylation sites is 1. The van der Waals surface area contributed by atoms with Crippen molar-refractivity contribution in [3.63, 3.8) is 0 Å². The molecule has 0 spiro atoms. The Morgan fingerprint density at radius 1 is 0.697 bits per heavy atom. The second-order valence-electron chi connectivity index (χ2n) is 7.58. The number of allylic oxidation sites excluding steroid dienone is 1. The molecule has 33 heavy (non-hydrogen) atoms. The van der Waals surface area contributed by atoms with Crippen LogP contribution in [0, 0.1) is 0 Å². The average molecular weight is 517 g/mol. The van der Waals surface area contributed by atoms with E-state index in [0.717, 1.165) is 5.70 Å². The predicted octanol–water partition coefficient (Wildman–Crippen LogP) is 2.06. The Kier molecular flexibility index (Phi) is 8.21. The van der Waals surface area contributed by atoms with Gasteiger partial charge in [0, 0.05) is 5.70 Å². The summed E-state index contributed by atoms with van der Waals surface area (Å²) in [6.07, 6.45) is 0. The van der Waals surface area contributed by atoms with E-state index in [1.54, 1.807) is 6.07 Å². The van der Waals surface area contributed by atoms with Crippen molar-refractivity contribution < 1.29 is 21.8 Å². The minimum atomic E-state index is -2.13. The van der Waals surface area contributed by atoms with Crippen LogP contribution in [0.25, 0.3) is 0 Å². The predicted molar refractivity (Wildman–Crippen MR) is 137 cm³/mol. The SMILES string of the molecule is C/C(=C\[P+](c1ccccc1)(c1ccccc1)c1ccccc1)Nc1ccccc1C(N)=O.[Br-]. The molecule has 0 aliphatic carbocycles. The fraction of sp³-hybridized carbons (Fsp3) is 0.0357. The molecule has 4 aromatic carbocycles. The van der Waals surface area contributed by atoms with Gasteiger partial charge in [-0.25, -0.2) is 0 Å². The fourth-order valence-electron chi connectivity index (χ4n) is 4.00. The second-order valence-corrected chi connectivity index (χ2v) is 10.8. The Labute approximate surface area is 206 Å². The van der Waals surface area contributed by atoms with E-state index in [9.17, 15) is 4.79 Å². The van der Waals surface area contributed by atoms with Crippen molar-refractivity contribution >= 4 is 34.8 Å². The van der Waals surface area contributed by atoms with Crippen LogP contribution in [0.5, 0.6) is 0 Å². The normalized spacial score (nSPS) is 11.4. The highest BCUT2D eigenvalue weighted by molar-refractivity contribution is 7.98. The van der Waals surface area contributed by atoms with Crippen LogP contribution in [0.15, 0.2) is 127 Å². The van der Waals surface area contributed by atoms with Gasteiger partial charge in [0.1, 0.15) is 23.2 Å². The van der Waals surface area contributed by atoms with E-state index in [1.807, 2.05) is 43.3 Å². The van der Waals surface area contributed by atoms with Crippen molar-refractivity contribution in [1.82, 2.24) is 0 Å². The van der Waals surface area contributed by atoms with Crippen LogP contribution in [0.2, 0.25) is 0 Å². The molecule has 0 aromatic heterocycles. The maximum Gasteiger partial charge on any atom is 0.250 e. The number of amides is 1. The molecule has 0 saturated heterocycles. The number of primary amides is 1. The third kappa shape index (κ3) is 5.24. The molecule has 0 unspecified atom stereocenters. The summed E-state index contributed by atoms with van der Waals surface area (Å²) in [6.45, 7) is 2.04. The number of carbonyl (C=O) groups is 1. The quantitative estimate of drug-likeness (QED) is 0.369.